The molecule has 3 unspecified atom stereocenters. The Bertz CT molecular complexity index is 459. The van der Waals surface area contributed by atoms with Crippen molar-refractivity contribution in [3.8, 4) is 0 Å². The number of Topliss-reactive ketones (excluding diaryl/α,β-unsaturated/α-hetero) is 1. The molecule has 0 aromatic carbocycles. The Morgan fingerprint density at radius 1 is 1.24 bits per heavy atom. The second kappa shape index (κ2) is 5.18. The van der Waals surface area contributed by atoms with Crippen LogP contribution in [0.15, 0.2) is 0 Å². The van der Waals surface area contributed by atoms with Gasteiger partial charge in [-0.25, -0.2) is 4.79 Å². The van der Waals surface area contributed by atoms with Gasteiger partial charge in [0, 0.05) is 18.5 Å². The predicted octanol–water partition coefficient (Wildman–Crippen LogP) is 3.22. The number of hydrogen-bond donors (Lipinski definition) is 1. The molecule has 1 aliphatic heterocycles. The summed E-state index contributed by atoms with van der Waals surface area (Å²) in [4.78, 5) is 26.8. The van der Waals surface area contributed by atoms with Crippen LogP contribution >= 0.6 is 11.9 Å². The lowest BCUT2D eigenvalue weighted by molar-refractivity contribution is -0.127. The molecule has 2 aliphatic carbocycles. The maximum absolute atomic E-state index is 12.7. The molecule has 1 saturated heterocycles. The molecule has 5 heteroatoms. The average Bonchev–Trinajstić information content (AvgIpc) is 2.78. The third kappa shape index (κ3) is 2.19. The number of amides is 2. The summed E-state index contributed by atoms with van der Waals surface area (Å²) < 4.78 is 2.95. The fourth-order valence-electron chi connectivity index (χ4n) is 4.41. The second-order valence-corrected chi connectivity index (χ2v) is 8.50. The third-order valence-corrected chi connectivity index (χ3v) is 7.48. The maximum Gasteiger partial charge on any atom is 0.327 e. The van der Waals surface area contributed by atoms with Crippen LogP contribution in [0.4, 0.5) is 4.79 Å². The summed E-state index contributed by atoms with van der Waals surface area (Å²) in [6, 6.07) is -0.0155. The molecule has 0 aromatic rings. The van der Waals surface area contributed by atoms with Crippen LogP contribution in [-0.2, 0) is 4.79 Å². The van der Waals surface area contributed by atoms with Crippen LogP contribution in [0.3, 0.4) is 0 Å². The minimum Gasteiger partial charge on any atom is -0.324 e. The van der Waals surface area contributed by atoms with Crippen molar-refractivity contribution in [1.82, 2.24) is 9.62 Å². The third-order valence-electron chi connectivity index (χ3n) is 6.39. The second-order valence-electron chi connectivity index (χ2n) is 7.56. The van der Waals surface area contributed by atoms with E-state index >= 15 is 0 Å². The quantitative estimate of drug-likeness (QED) is 0.797. The van der Waals surface area contributed by atoms with Crippen LogP contribution in [0.5, 0.6) is 0 Å². The number of fused-ring (bicyclic) bond motifs is 2. The summed E-state index contributed by atoms with van der Waals surface area (Å²) in [5, 5.41) is -0.0625. The van der Waals surface area contributed by atoms with E-state index in [1.165, 1.54) is 18.4 Å². The molecule has 118 valence electrons. The number of rotatable bonds is 2. The molecule has 0 aromatic heterocycles. The summed E-state index contributed by atoms with van der Waals surface area (Å²) in [6.07, 6.45) is 5.50. The van der Waals surface area contributed by atoms with Gasteiger partial charge in [0.05, 0.1) is 5.25 Å². The molecule has 21 heavy (non-hydrogen) atoms. The number of hydrogen-bond acceptors (Lipinski definition) is 3. The molecular formula is C16H26N2O2S. The van der Waals surface area contributed by atoms with Crippen LogP contribution in [0.25, 0.3) is 0 Å². The van der Waals surface area contributed by atoms with Gasteiger partial charge in [-0.1, -0.05) is 20.8 Å². The zero-order chi connectivity index (χ0) is 15.3. The number of nitrogens with zero attached hydrogens (tertiary/aromatic N) is 1. The van der Waals surface area contributed by atoms with Crippen molar-refractivity contribution in [3.05, 3.63) is 0 Å². The van der Waals surface area contributed by atoms with Crippen molar-refractivity contribution in [2.75, 3.05) is 13.1 Å². The number of urea groups is 1. The van der Waals surface area contributed by atoms with Gasteiger partial charge in [0.25, 0.3) is 0 Å². The van der Waals surface area contributed by atoms with Crippen molar-refractivity contribution >= 4 is 23.8 Å². The van der Waals surface area contributed by atoms with E-state index in [4.69, 9.17) is 0 Å². The Morgan fingerprint density at radius 3 is 2.48 bits per heavy atom. The highest BCUT2D eigenvalue weighted by atomic mass is 32.2. The van der Waals surface area contributed by atoms with Gasteiger partial charge in [-0.05, 0) is 55.4 Å². The summed E-state index contributed by atoms with van der Waals surface area (Å²) in [5.41, 5.74) is -0.150. The molecule has 2 bridgehead atoms. The van der Waals surface area contributed by atoms with Crippen molar-refractivity contribution in [2.24, 2.45) is 16.7 Å². The fraction of sp³-hybridized carbons (Fsp3) is 0.875. The van der Waals surface area contributed by atoms with E-state index in [2.05, 4.69) is 25.5 Å². The first-order chi connectivity index (χ1) is 9.88. The molecule has 3 atom stereocenters. The molecule has 4 nitrogen and oxygen atoms in total. The Morgan fingerprint density at radius 2 is 1.90 bits per heavy atom. The molecule has 2 saturated carbocycles. The highest BCUT2D eigenvalue weighted by molar-refractivity contribution is 7.99. The molecule has 0 spiro atoms. The number of carbonyl (C=O) groups excluding carboxylic acids is 2. The van der Waals surface area contributed by atoms with Crippen molar-refractivity contribution in [3.63, 3.8) is 0 Å². The standard InChI is InChI=1S/C16H26N2O2S/c1-15(2)11-7-8-16(15,3)13(19)12(11)21-17-14(20)18-9-5-4-6-10-18/h11-12H,4-10H2,1-3H3,(H,17,20). The van der Waals surface area contributed by atoms with Crippen LogP contribution in [0, 0.1) is 16.7 Å². The summed E-state index contributed by atoms with van der Waals surface area (Å²) in [7, 11) is 0. The van der Waals surface area contributed by atoms with Crippen LogP contribution in [-0.4, -0.2) is 35.1 Å². The molecule has 0 radical (unpaired) electrons. The van der Waals surface area contributed by atoms with Crippen molar-refractivity contribution < 1.29 is 9.59 Å². The van der Waals surface area contributed by atoms with Gasteiger partial charge >= 0.3 is 6.03 Å². The zero-order valence-corrected chi connectivity index (χ0v) is 14.1. The van der Waals surface area contributed by atoms with Crippen LogP contribution < -0.4 is 4.72 Å². The summed E-state index contributed by atoms with van der Waals surface area (Å²) in [6.45, 7) is 8.24. The number of carbonyl (C=O) groups is 2. The Labute approximate surface area is 131 Å². The molecule has 3 aliphatic rings. The lowest BCUT2D eigenvalue weighted by Crippen LogP contribution is -2.42. The minimum absolute atomic E-state index is 0.0155. The Kier molecular flexibility index (Phi) is 3.75. The molecular weight excluding hydrogens is 284 g/mol. The highest BCUT2D eigenvalue weighted by Gasteiger charge is 2.66. The van der Waals surface area contributed by atoms with Gasteiger partial charge in [0.1, 0.15) is 0 Å². The molecule has 2 amide bonds. The van der Waals surface area contributed by atoms with Crippen molar-refractivity contribution in [1.29, 1.82) is 0 Å². The van der Waals surface area contributed by atoms with E-state index in [0.717, 1.165) is 38.8 Å². The molecule has 3 rings (SSSR count). The van der Waals surface area contributed by atoms with Gasteiger partial charge in [-0.3, -0.25) is 9.52 Å². The molecule has 3 fully saturated rings. The van der Waals surface area contributed by atoms with Gasteiger partial charge in [-0.2, -0.15) is 0 Å². The number of nitrogens with one attached hydrogen (secondary N) is 1. The minimum atomic E-state index is -0.203. The predicted molar refractivity (Wildman–Crippen MR) is 85.0 cm³/mol. The van der Waals surface area contributed by atoms with Crippen LogP contribution in [0.2, 0.25) is 0 Å². The maximum atomic E-state index is 12.7. The fourth-order valence-corrected chi connectivity index (χ4v) is 5.78. The van der Waals surface area contributed by atoms with E-state index in [1.54, 1.807) is 0 Å². The molecule has 1 heterocycles. The normalized spacial score (nSPS) is 37.9. The van der Waals surface area contributed by atoms with E-state index in [-0.39, 0.29) is 22.1 Å². The highest BCUT2D eigenvalue weighted by Crippen LogP contribution is 2.65. The number of ketones is 1. The van der Waals surface area contributed by atoms with Gasteiger partial charge < -0.3 is 4.90 Å². The first-order valence-corrected chi connectivity index (χ1v) is 9.01. The molecule has 1 N–H and O–H groups in total. The lowest BCUT2D eigenvalue weighted by atomic mass is 9.70. The van der Waals surface area contributed by atoms with E-state index in [1.807, 2.05) is 4.90 Å². The van der Waals surface area contributed by atoms with Gasteiger partial charge in [0.2, 0.25) is 0 Å². The summed E-state index contributed by atoms with van der Waals surface area (Å²) in [5.74, 6) is 0.731. The Balaban J connectivity index is 1.61. The Hall–Kier alpha value is -0.710. The van der Waals surface area contributed by atoms with Gasteiger partial charge in [-0.15, -0.1) is 0 Å². The monoisotopic (exact) mass is 310 g/mol. The van der Waals surface area contributed by atoms with E-state index < -0.39 is 0 Å². The van der Waals surface area contributed by atoms with Gasteiger partial charge in [0.15, 0.2) is 5.78 Å². The summed E-state index contributed by atoms with van der Waals surface area (Å²) >= 11 is 1.37. The number of likely N-dealkylation sites (tertiary alicyclic amines) is 1. The van der Waals surface area contributed by atoms with Crippen LogP contribution in [0.1, 0.15) is 52.9 Å². The first kappa shape index (κ1) is 15.2. The van der Waals surface area contributed by atoms with Crippen molar-refractivity contribution in [2.45, 2.75) is 58.1 Å². The number of piperidine rings is 1. The average molecular weight is 310 g/mol. The topological polar surface area (TPSA) is 49.4 Å². The largest absolute Gasteiger partial charge is 0.327 e. The zero-order valence-electron chi connectivity index (χ0n) is 13.3. The lowest BCUT2D eigenvalue weighted by Gasteiger charge is -2.32. The van der Waals surface area contributed by atoms with E-state index in [0.29, 0.717) is 11.7 Å². The smallest absolute Gasteiger partial charge is 0.324 e. The first-order valence-electron chi connectivity index (χ1n) is 8.13. The SMILES string of the molecule is CC12CCC(C(SNC(=O)N3CCCCC3)C1=O)C2(C)C. The van der Waals surface area contributed by atoms with E-state index in [9.17, 15) is 9.59 Å².